The van der Waals surface area contributed by atoms with Gasteiger partial charge in [0, 0.05) is 5.56 Å². The lowest BCUT2D eigenvalue weighted by Gasteiger charge is -2.13. The molecular weight excluding hydrogens is 250 g/mol. The first-order valence-electron chi connectivity index (χ1n) is 6.70. The first-order valence-corrected chi connectivity index (χ1v) is 6.70. The molecule has 2 N–H and O–H groups in total. The van der Waals surface area contributed by atoms with Crippen LogP contribution in [0.2, 0.25) is 0 Å². The Bertz CT molecular complexity index is 717. The molecule has 0 spiro atoms. The van der Waals surface area contributed by atoms with Crippen molar-refractivity contribution in [1.29, 1.82) is 0 Å². The Morgan fingerprint density at radius 2 is 1.75 bits per heavy atom. The number of benzene rings is 1. The maximum absolute atomic E-state index is 6.17. The summed E-state index contributed by atoms with van der Waals surface area (Å²) < 4.78 is 1.74. The predicted molar refractivity (Wildman–Crippen MR) is 78.0 cm³/mol. The number of rotatable bonds is 3. The number of nitrogens with zero attached hydrogens (tertiary/aromatic N) is 4. The molecular formula is C15H17N5. The molecule has 0 unspecified atom stereocenters. The Labute approximate surface area is 117 Å². The van der Waals surface area contributed by atoms with Gasteiger partial charge in [-0.2, -0.15) is 9.61 Å². The van der Waals surface area contributed by atoms with Gasteiger partial charge in [-0.25, -0.2) is 0 Å². The van der Waals surface area contributed by atoms with Gasteiger partial charge in [0.05, 0.1) is 11.7 Å². The van der Waals surface area contributed by atoms with Gasteiger partial charge in [-0.3, -0.25) is 0 Å². The van der Waals surface area contributed by atoms with E-state index in [1.165, 1.54) is 0 Å². The summed E-state index contributed by atoms with van der Waals surface area (Å²) in [4.78, 5) is 0. The van der Waals surface area contributed by atoms with Crippen LogP contribution < -0.4 is 5.73 Å². The van der Waals surface area contributed by atoms with E-state index in [4.69, 9.17) is 5.73 Å². The number of nitrogens with two attached hydrogens (primary N) is 1. The fourth-order valence-corrected chi connectivity index (χ4v) is 2.07. The van der Waals surface area contributed by atoms with Crippen LogP contribution in [0.5, 0.6) is 0 Å². The van der Waals surface area contributed by atoms with Crippen molar-refractivity contribution >= 4 is 5.65 Å². The first kappa shape index (κ1) is 12.7. The normalized spacial score (nSPS) is 13.0. The Morgan fingerprint density at radius 3 is 2.45 bits per heavy atom. The molecule has 0 aliphatic rings. The smallest absolute Gasteiger partial charge is 0.178 e. The van der Waals surface area contributed by atoms with Gasteiger partial charge in [-0.05, 0) is 18.1 Å². The van der Waals surface area contributed by atoms with Crippen molar-refractivity contribution < 1.29 is 0 Å². The minimum Gasteiger partial charge on any atom is -0.321 e. The SMILES string of the molecule is CC(C)[C@@H](N)c1nnc2ccc(-c3ccccc3)nn12. The molecule has 0 fully saturated rings. The summed E-state index contributed by atoms with van der Waals surface area (Å²) in [6.07, 6.45) is 0. The van der Waals surface area contributed by atoms with Crippen LogP contribution in [0.3, 0.4) is 0 Å². The van der Waals surface area contributed by atoms with Crippen LogP contribution in [-0.2, 0) is 0 Å². The van der Waals surface area contributed by atoms with Crippen molar-refractivity contribution in [2.75, 3.05) is 0 Å². The molecule has 1 atom stereocenters. The van der Waals surface area contributed by atoms with E-state index in [-0.39, 0.29) is 12.0 Å². The molecule has 0 amide bonds. The van der Waals surface area contributed by atoms with Gasteiger partial charge < -0.3 is 5.73 Å². The maximum atomic E-state index is 6.17. The predicted octanol–water partition coefficient (Wildman–Crippen LogP) is 2.45. The van der Waals surface area contributed by atoms with Crippen LogP contribution in [0.1, 0.15) is 25.7 Å². The Balaban J connectivity index is 2.12. The van der Waals surface area contributed by atoms with Crippen LogP contribution >= 0.6 is 0 Å². The highest BCUT2D eigenvalue weighted by atomic mass is 15.4. The van der Waals surface area contributed by atoms with Crippen molar-refractivity contribution in [2.45, 2.75) is 19.9 Å². The quantitative estimate of drug-likeness (QED) is 0.791. The van der Waals surface area contributed by atoms with Crippen LogP contribution in [0, 0.1) is 5.92 Å². The number of fused-ring (bicyclic) bond motifs is 1. The summed E-state index contributed by atoms with van der Waals surface area (Å²) in [7, 11) is 0. The molecule has 1 aromatic carbocycles. The summed E-state index contributed by atoms with van der Waals surface area (Å²) in [5, 5.41) is 12.9. The topological polar surface area (TPSA) is 69.1 Å². The molecule has 0 aliphatic heterocycles. The first-order chi connectivity index (χ1) is 9.66. The van der Waals surface area contributed by atoms with Crippen LogP contribution in [0.15, 0.2) is 42.5 Å². The Hall–Kier alpha value is -2.27. The van der Waals surface area contributed by atoms with Crippen molar-refractivity contribution in [3.63, 3.8) is 0 Å². The maximum Gasteiger partial charge on any atom is 0.178 e. The molecule has 0 aliphatic carbocycles. The Morgan fingerprint density at radius 1 is 1.00 bits per heavy atom. The van der Waals surface area contributed by atoms with E-state index in [1.54, 1.807) is 4.52 Å². The lowest BCUT2D eigenvalue weighted by molar-refractivity contribution is 0.480. The molecule has 102 valence electrons. The van der Waals surface area contributed by atoms with E-state index in [2.05, 4.69) is 29.1 Å². The Kier molecular flexibility index (Phi) is 3.20. The minimum absolute atomic E-state index is 0.177. The van der Waals surface area contributed by atoms with Crippen molar-refractivity contribution in [3.8, 4) is 11.3 Å². The zero-order valence-electron chi connectivity index (χ0n) is 11.6. The van der Waals surface area contributed by atoms with Gasteiger partial charge in [-0.1, -0.05) is 44.2 Å². The van der Waals surface area contributed by atoms with Gasteiger partial charge in [-0.15, -0.1) is 10.2 Å². The third kappa shape index (κ3) is 2.16. The third-order valence-electron chi connectivity index (χ3n) is 3.37. The number of hydrogen-bond acceptors (Lipinski definition) is 4. The molecule has 5 nitrogen and oxygen atoms in total. The van der Waals surface area contributed by atoms with Gasteiger partial charge in [0.25, 0.3) is 0 Å². The van der Waals surface area contributed by atoms with Crippen molar-refractivity contribution in [2.24, 2.45) is 11.7 Å². The standard InChI is InChI=1S/C15H17N5/c1-10(2)14(16)15-18-17-13-9-8-12(19-20(13)15)11-6-4-3-5-7-11/h3-10,14H,16H2,1-2H3/t14-/m1/s1. The lowest BCUT2D eigenvalue weighted by Crippen LogP contribution is -2.20. The lowest BCUT2D eigenvalue weighted by atomic mass is 10.1. The van der Waals surface area contributed by atoms with Gasteiger partial charge in [0.15, 0.2) is 11.5 Å². The van der Waals surface area contributed by atoms with Crippen LogP contribution in [0.25, 0.3) is 16.9 Å². The third-order valence-corrected chi connectivity index (χ3v) is 3.37. The molecule has 2 aromatic heterocycles. The summed E-state index contributed by atoms with van der Waals surface area (Å²) in [6.45, 7) is 4.12. The molecule has 2 heterocycles. The summed E-state index contributed by atoms with van der Waals surface area (Å²) in [5.41, 5.74) is 8.84. The van der Waals surface area contributed by atoms with E-state index >= 15 is 0 Å². The van der Waals surface area contributed by atoms with Crippen LogP contribution in [0.4, 0.5) is 0 Å². The molecule has 0 bridgehead atoms. The zero-order valence-corrected chi connectivity index (χ0v) is 11.6. The fraction of sp³-hybridized carbons (Fsp3) is 0.267. The largest absolute Gasteiger partial charge is 0.321 e. The molecule has 5 heteroatoms. The molecule has 3 rings (SSSR count). The number of hydrogen-bond donors (Lipinski definition) is 1. The van der Waals surface area contributed by atoms with E-state index in [0.29, 0.717) is 5.82 Å². The van der Waals surface area contributed by atoms with Crippen LogP contribution in [-0.4, -0.2) is 19.8 Å². The van der Waals surface area contributed by atoms with Crippen molar-refractivity contribution in [1.82, 2.24) is 19.8 Å². The summed E-state index contributed by atoms with van der Waals surface area (Å²) in [5.74, 6) is 0.984. The molecule has 20 heavy (non-hydrogen) atoms. The van der Waals surface area contributed by atoms with E-state index in [0.717, 1.165) is 16.9 Å². The van der Waals surface area contributed by atoms with Crippen molar-refractivity contribution in [3.05, 3.63) is 48.3 Å². The molecule has 3 aromatic rings. The van der Waals surface area contributed by atoms with E-state index in [1.807, 2.05) is 42.5 Å². The average Bonchev–Trinajstić information content (AvgIpc) is 2.90. The van der Waals surface area contributed by atoms with Gasteiger partial charge in [0.2, 0.25) is 0 Å². The highest BCUT2D eigenvalue weighted by molar-refractivity contribution is 5.59. The fourth-order valence-electron chi connectivity index (χ4n) is 2.07. The van der Waals surface area contributed by atoms with E-state index < -0.39 is 0 Å². The molecule has 0 radical (unpaired) electrons. The zero-order chi connectivity index (χ0) is 14.1. The van der Waals surface area contributed by atoms with Gasteiger partial charge in [0.1, 0.15) is 0 Å². The second kappa shape index (κ2) is 5.02. The second-order valence-electron chi connectivity index (χ2n) is 5.18. The summed E-state index contributed by atoms with van der Waals surface area (Å²) >= 11 is 0. The summed E-state index contributed by atoms with van der Waals surface area (Å²) in [6, 6.07) is 13.7. The highest BCUT2D eigenvalue weighted by Gasteiger charge is 2.18. The monoisotopic (exact) mass is 267 g/mol. The second-order valence-corrected chi connectivity index (χ2v) is 5.18. The average molecular weight is 267 g/mol. The molecule has 0 saturated carbocycles. The van der Waals surface area contributed by atoms with Gasteiger partial charge >= 0.3 is 0 Å². The molecule has 0 saturated heterocycles. The highest BCUT2D eigenvalue weighted by Crippen LogP contribution is 2.20. The number of aromatic nitrogens is 4. The van der Waals surface area contributed by atoms with E-state index in [9.17, 15) is 0 Å². The minimum atomic E-state index is -0.177.